The van der Waals surface area contributed by atoms with Gasteiger partial charge in [0.05, 0.1) is 29.7 Å². The maximum Gasteiger partial charge on any atom is 0.326 e. The molecule has 1 aliphatic heterocycles. The van der Waals surface area contributed by atoms with Gasteiger partial charge in [0.15, 0.2) is 5.78 Å². The van der Waals surface area contributed by atoms with Gasteiger partial charge in [0.25, 0.3) is 0 Å². The average Bonchev–Trinajstić information content (AvgIpc) is 3.48. The van der Waals surface area contributed by atoms with E-state index in [4.69, 9.17) is 26.1 Å². The van der Waals surface area contributed by atoms with Gasteiger partial charge in [-0.2, -0.15) is 0 Å². The quantitative estimate of drug-likeness (QED) is 0.134. The van der Waals surface area contributed by atoms with Crippen molar-refractivity contribution in [3.8, 4) is 5.75 Å². The molecule has 3 aromatic rings. The van der Waals surface area contributed by atoms with E-state index in [1.165, 1.54) is 54.1 Å². The van der Waals surface area contributed by atoms with E-state index in [0.29, 0.717) is 10.9 Å². The molecule has 1 saturated heterocycles. The number of Topliss-reactive ketones (excluding diaryl/α,β-unsaturated/α-hetero) is 1. The number of ether oxygens (including phenoxy) is 1. The number of halogens is 3. The largest absolute Gasteiger partial charge is 0.426 e. The maximum atomic E-state index is 14.4. The van der Waals surface area contributed by atoms with Crippen molar-refractivity contribution in [2.75, 3.05) is 12.7 Å². The molecule has 0 aliphatic carbocycles. The monoisotopic (exact) mass is 625 g/mol. The Bertz CT molecular complexity index is 1610. The standard InChI is InChI=1S/C27H27ClF2N3O8P/c1-15(34)20-13-32(22-10-18(5-6-19(20)22)41-25(36)7-8-42(38,39)40)14-24(35)33-12-17(29)9-23(33)27(37)31-11-16-3-2-4-21(28)26(16)30/h2-6,10,13,17,23H,7-9,11-12,14H2,1H3,(H,31,37)(H2,38,39,40)/t17-,23+/m1/s1. The molecule has 2 aromatic carbocycles. The number of esters is 1. The highest BCUT2D eigenvalue weighted by molar-refractivity contribution is 7.51. The maximum absolute atomic E-state index is 14.4. The van der Waals surface area contributed by atoms with E-state index < -0.39 is 62.5 Å². The SMILES string of the molecule is CC(=O)c1cn(CC(=O)N2C[C@H](F)C[C@H]2C(=O)NCc2cccc(Cl)c2F)c2cc(OC(=O)CCP(=O)(O)O)ccc12. The molecule has 15 heteroatoms. The smallest absolute Gasteiger partial charge is 0.326 e. The first-order valence-electron chi connectivity index (χ1n) is 12.8. The fraction of sp³-hybridized carbons (Fsp3) is 0.333. The molecule has 0 spiro atoms. The van der Waals surface area contributed by atoms with Crippen molar-refractivity contribution in [2.24, 2.45) is 0 Å². The minimum atomic E-state index is -4.41. The number of likely N-dealkylation sites (tertiary alicyclic amines) is 1. The second-order valence-corrected chi connectivity index (χ2v) is 12.0. The first-order chi connectivity index (χ1) is 19.7. The van der Waals surface area contributed by atoms with E-state index in [-0.39, 0.29) is 47.2 Å². The van der Waals surface area contributed by atoms with Crippen molar-refractivity contribution in [3.63, 3.8) is 0 Å². The summed E-state index contributed by atoms with van der Waals surface area (Å²) < 4.78 is 46.3. The Hall–Kier alpha value is -3.64. The molecule has 0 radical (unpaired) electrons. The summed E-state index contributed by atoms with van der Waals surface area (Å²) in [6.45, 7) is 0.372. The number of nitrogens with one attached hydrogen (secondary N) is 1. The lowest BCUT2D eigenvalue weighted by molar-refractivity contribution is -0.139. The molecule has 0 unspecified atom stereocenters. The van der Waals surface area contributed by atoms with Gasteiger partial charge in [-0.1, -0.05) is 23.7 Å². The number of aromatic nitrogens is 1. The third-order valence-electron chi connectivity index (χ3n) is 6.74. The Morgan fingerprint density at radius 3 is 2.62 bits per heavy atom. The van der Waals surface area contributed by atoms with Crippen molar-refractivity contribution in [1.29, 1.82) is 0 Å². The number of carbonyl (C=O) groups is 4. The summed E-state index contributed by atoms with van der Waals surface area (Å²) in [4.78, 5) is 69.6. The second kappa shape index (κ2) is 12.7. The molecular weight excluding hydrogens is 599 g/mol. The Balaban J connectivity index is 1.52. The molecule has 1 fully saturated rings. The van der Waals surface area contributed by atoms with Gasteiger partial charge in [-0.25, -0.2) is 8.78 Å². The number of carbonyl (C=O) groups excluding carboxylic acids is 4. The topological polar surface area (TPSA) is 155 Å². The first kappa shape index (κ1) is 31.3. The molecule has 0 bridgehead atoms. The highest BCUT2D eigenvalue weighted by Crippen LogP contribution is 2.35. The Kier molecular flexibility index (Phi) is 9.47. The summed E-state index contributed by atoms with van der Waals surface area (Å²) in [6.07, 6.45) is -1.53. The van der Waals surface area contributed by atoms with Crippen LogP contribution in [0.15, 0.2) is 42.6 Å². The summed E-state index contributed by atoms with van der Waals surface area (Å²) in [6, 6.07) is 7.43. The molecular formula is C27H27ClF2N3O8P. The van der Waals surface area contributed by atoms with Crippen LogP contribution in [0.3, 0.4) is 0 Å². The fourth-order valence-corrected chi connectivity index (χ4v) is 5.36. The number of hydrogen-bond acceptors (Lipinski definition) is 6. The van der Waals surface area contributed by atoms with E-state index in [1.807, 2.05) is 0 Å². The molecule has 2 amide bonds. The number of rotatable bonds is 10. The summed E-state index contributed by atoms with van der Waals surface area (Å²) in [5, 5.41) is 2.84. The van der Waals surface area contributed by atoms with Crippen molar-refractivity contribution in [1.82, 2.24) is 14.8 Å². The number of hydrogen-bond donors (Lipinski definition) is 3. The van der Waals surface area contributed by atoms with E-state index in [9.17, 15) is 32.5 Å². The van der Waals surface area contributed by atoms with E-state index >= 15 is 0 Å². The summed E-state index contributed by atoms with van der Waals surface area (Å²) in [7, 11) is -4.41. The van der Waals surface area contributed by atoms with Crippen molar-refractivity contribution >= 4 is 53.7 Å². The third-order valence-corrected chi connectivity index (χ3v) is 7.83. The van der Waals surface area contributed by atoms with Crippen LogP contribution in [0.2, 0.25) is 5.02 Å². The number of alkyl halides is 1. The van der Waals surface area contributed by atoms with Gasteiger partial charge in [-0.05, 0) is 25.1 Å². The number of nitrogens with zero attached hydrogens (tertiary/aromatic N) is 2. The molecule has 42 heavy (non-hydrogen) atoms. The van der Waals surface area contributed by atoms with Crippen LogP contribution in [0.1, 0.15) is 35.7 Å². The predicted molar refractivity (Wildman–Crippen MR) is 147 cm³/mol. The van der Waals surface area contributed by atoms with Crippen LogP contribution < -0.4 is 10.1 Å². The van der Waals surface area contributed by atoms with Crippen LogP contribution in [0.4, 0.5) is 8.78 Å². The molecule has 4 rings (SSSR count). The zero-order chi connectivity index (χ0) is 30.8. The van der Waals surface area contributed by atoms with Crippen LogP contribution >= 0.6 is 19.2 Å². The first-order valence-corrected chi connectivity index (χ1v) is 14.9. The van der Waals surface area contributed by atoms with Crippen LogP contribution in [-0.2, 0) is 32.0 Å². The molecule has 2 heterocycles. The average molecular weight is 626 g/mol. The van der Waals surface area contributed by atoms with Gasteiger partial charge in [0.1, 0.15) is 30.3 Å². The van der Waals surface area contributed by atoms with E-state index in [0.717, 1.165) is 4.90 Å². The highest BCUT2D eigenvalue weighted by atomic mass is 35.5. The van der Waals surface area contributed by atoms with Gasteiger partial charge in [-0.3, -0.25) is 23.7 Å². The number of amides is 2. The van der Waals surface area contributed by atoms with Gasteiger partial charge in [0, 0.05) is 41.7 Å². The molecule has 11 nitrogen and oxygen atoms in total. The van der Waals surface area contributed by atoms with Crippen molar-refractivity contribution in [3.05, 3.63) is 64.6 Å². The van der Waals surface area contributed by atoms with E-state index in [1.54, 1.807) is 0 Å². The van der Waals surface area contributed by atoms with Gasteiger partial charge in [-0.15, -0.1) is 0 Å². The summed E-state index contributed by atoms with van der Waals surface area (Å²) in [5.74, 6) is -3.19. The number of benzene rings is 2. The number of fused-ring (bicyclic) bond motifs is 1. The Labute approximate surface area is 243 Å². The number of ketones is 1. The minimum Gasteiger partial charge on any atom is -0.426 e. The zero-order valence-electron chi connectivity index (χ0n) is 22.3. The highest BCUT2D eigenvalue weighted by Gasteiger charge is 2.40. The zero-order valence-corrected chi connectivity index (χ0v) is 23.9. The van der Waals surface area contributed by atoms with Crippen molar-refractivity contribution < 1.29 is 47.0 Å². The van der Waals surface area contributed by atoms with Crippen molar-refractivity contribution in [2.45, 2.75) is 45.1 Å². The molecule has 224 valence electrons. The van der Waals surface area contributed by atoms with Crippen LogP contribution in [-0.4, -0.2) is 67.7 Å². The summed E-state index contributed by atoms with van der Waals surface area (Å²) in [5.41, 5.74) is 0.708. The minimum absolute atomic E-state index is 0.00982. The Morgan fingerprint density at radius 1 is 1.19 bits per heavy atom. The normalized spacial score (nSPS) is 17.0. The molecule has 2 atom stereocenters. The predicted octanol–water partition coefficient (Wildman–Crippen LogP) is 3.37. The lowest BCUT2D eigenvalue weighted by Gasteiger charge is -2.24. The van der Waals surface area contributed by atoms with Crippen LogP contribution in [0, 0.1) is 5.82 Å². The van der Waals surface area contributed by atoms with Gasteiger partial charge >= 0.3 is 13.6 Å². The lowest BCUT2D eigenvalue weighted by Crippen LogP contribution is -2.46. The van der Waals surface area contributed by atoms with Gasteiger partial charge < -0.3 is 29.3 Å². The van der Waals surface area contributed by atoms with E-state index in [2.05, 4.69) is 5.32 Å². The van der Waals surface area contributed by atoms with Crippen LogP contribution in [0.5, 0.6) is 5.75 Å². The summed E-state index contributed by atoms with van der Waals surface area (Å²) >= 11 is 5.78. The molecule has 0 saturated carbocycles. The fourth-order valence-electron chi connectivity index (χ4n) is 4.70. The third kappa shape index (κ3) is 7.40. The van der Waals surface area contributed by atoms with Gasteiger partial charge in [0.2, 0.25) is 11.8 Å². The molecule has 1 aromatic heterocycles. The van der Waals surface area contributed by atoms with Crippen LogP contribution in [0.25, 0.3) is 10.9 Å². The molecule has 1 aliphatic rings. The second-order valence-electron chi connectivity index (χ2n) is 9.84. The lowest BCUT2D eigenvalue weighted by atomic mass is 10.1. The Morgan fingerprint density at radius 2 is 1.93 bits per heavy atom. The molecule has 3 N–H and O–H groups in total.